The van der Waals surface area contributed by atoms with Crippen LogP contribution in [-0.4, -0.2) is 6.54 Å². The van der Waals surface area contributed by atoms with E-state index in [4.69, 9.17) is 5.53 Å². The third kappa shape index (κ3) is 2.76. The van der Waals surface area contributed by atoms with Crippen LogP contribution in [0.4, 0.5) is 0 Å². The quantitative estimate of drug-likeness (QED) is 0.440. The average molecular weight is 240 g/mol. The molecule has 0 bridgehead atoms. The zero-order chi connectivity index (χ0) is 9.68. The summed E-state index contributed by atoms with van der Waals surface area (Å²) in [6.07, 6.45) is 0.801. The van der Waals surface area contributed by atoms with E-state index in [0.717, 1.165) is 10.9 Å². The molecular weight excluding hydrogens is 230 g/mol. The van der Waals surface area contributed by atoms with Gasteiger partial charge in [-0.05, 0) is 36.1 Å². The number of hydrogen-bond acceptors (Lipinski definition) is 1. The molecule has 0 amide bonds. The van der Waals surface area contributed by atoms with Gasteiger partial charge >= 0.3 is 0 Å². The number of halogens is 1. The summed E-state index contributed by atoms with van der Waals surface area (Å²) in [7, 11) is 0. The Bertz CT molecular complexity index is 343. The molecule has 4 heteroatoms. The molecule has 0 aliphatic heterocycles. The maximum absolute atomic E-state index is 8.12. The van der Waals surface area contributed by atoms with E-state index in [0.29, 0.717) is 6.54 Å². The Morgan fingerprint density at radius 1 is 1.54 bits per heavy atom. The van der Waals surface area contributed by atoms with Crippen LogP contribution in [0.1, 0.15) is 11.1 Å². The zero-order valence-corrected chi connectivity index (χ0v) is 8.95. The van der Waals surface area contributed by atoms with Crippen LogP contribution in [0, 0.1) is 6.92 Å². The van der Waals surface area contributed by atoms with E-state index >= 15 is 0 Å². The van der Waals surface area contributed by atoms with Gasteiger partial charge in [0, 0.05) is 15.9 Å². The fourth-order valence-electron chi connectivity index (χ4n) is 1.14. The molecule has 0 aliphatic rings. The van der Waals surface area contributed by atoms with Crippen molar-refractivity contribution in [1.82, 2.24) is 0 Å². The summed E-state index contributed by atoms with van der Waals surface area (Å²) in [4.78, 5) is 2.72. The van der Waals surface area contributed by atoms with Gasteiger partial charge in [0.05, 0.1) is 0 Å². The van der Waals surface area contributed by atoms with E-state index in [1.165, 1.54) is 11.1 Å². The molecule has 0 N–H and O–H groups in total. The van der Waals surface area contributed by atoms with Crippen LogP contribution in [0.5, 0.6) is 0 Å². The molecule has 0 unspecified atom stereocenters. The van der Waals surface area contributed by atoms with Crippen molar-refractivity contribution in [3.63, 3.8) is 0 Å². The smallest absolute Gasteiger partial charge is 0.0298 e. The molecule has 0 heterocycles. The standard InChI is InChI=1S/C9H10BrN3/c1-7-8(5-6-12-13-11)3-2-4-9(7)10/h2-4H,5-6H2,1H3. The minimum atomic E-state index is 0.522. The number of azide groups is 1. The van der Waals surface area contributed by atoms with Crippen LogP contribution in [0.25, 0.3) is 10.4 Å². The second kappa shape index (κ2) is 4.90. The Morgan fingerprint density at radius 3 is 3.00 bits per heavy atom. The van der Waals surface area contributed by atoms with Gasteiger partial charge in [-0.3, -0.25) is 0 Å². The van der Waals surface area contributed by atoms with Crippen molar-refractivity contribution >= 4 is 15.9 Å². The molecule has 0 saturated carbocycles. The van der Waals surface area contributed by atoms with Crippen molar-refractivity contribution in [3.05, 3.63) is 44.2 Å². The number of rotatable bonds is 3. The van der Waals surface area contributed by atoms with Gasteiger partial charge in [-0.25, -0.2) is 0 Å². The van der Waals surface area contributed by atoms with E-state index in [1.54, 1.807) is 0 Å². The fourth-order valence-corrected chi connectivity index (χ4v) is 1.55. The predicted octanol–water partition coefficient (Wildman–Crippen LogP) is 3.61. The Morgan fingerprint density at radius 2 is 2.31 bits per heavy atom. The summed E-state index contributed by atoms with van der Waals surface area (Å²) < 4.78 is 1.10. The Hall–Kier alpha value is -0.990. The van der Waals surface area contributed by atoms with Gasteiger partial charge in [0.2, 0.25) is 0 Å². The van der Waals surface area contributed by atoms with Crippen molar-refractivity contribution in [3.8, 4) is 0 Å². The minimum absolute atomic E-state index is 0.522. The highest BCUT2D eigenvalue weighted by Gasteiger charge is 1.99. The summed E-state index contributed by atoms with van der Waals surface area (Å²) in [6, 6.07) is 6.04. The summed E-state index contributed by atoms with van der Waals surface area (Å²) >= 11 is 3.45. The third-order valence-corrected chi connectivity index (χ3v) is 2.78. The van der Waals surface area contributed by atoms with Crippen LogP contribution in [0.15, 0.2) is 27.8 Å². The first-order valence-electron chi connectivity index (χ1n) is 4.00. The maximum Gasteiger partial charge on any atom is 0.0298 e. The van der Waals surface area contributed by atoms with Crippen LogP contribution < -0.4 is 0 Å². The Labute approximate surface area is 85.5 Å². The van der Waals surface area contributed by atoms with Gasteiger partial charge in [0.15, 0.2) is 0 Å². The first-order valence-corrected chi connectivity index (χ1v) is 4.80. The van der Waals surface area contributed by atoms with Gasteiger partial charge < -0.3 is 0 Å². The molecular formula is C9H10BrN3. The third-order valence-electron chi connectivity index (χ3n) is 1.92. The summed E-state index contributed by atoms with van der Waals surface area (Å²) in [5, 5.41) is 3.50. The lowest BCUT2D eigenvalue weighted by Crippen LogP contribution is -1.92. The zero-order valence-electron chi connectivity index (χ0n) is 7.37. The number of nitrogens with zero attached hydrogens (tertiary/aromatic N) is 3. The molecule has 13 heavy (non-hydrogen) atoms. The highest BCUT2D eigenvalue weighted by atomic mass is 79.9. The predicted molar refractivity (Wildman–Crippen MR) is 56.6 cm³/mol. The Kier molecular flexibility index (Phi) is 3.80. The monoisotopic (exact) mass is 239 g/mol. The lowest BCUT2D eigenvalue weighted by molar-refractivity contribution is 0.945. The molecule has 68 valence electrons. The molecule has 0 atom stereocenters. The summed E-state index contributed by atoms with van der Waals surface area (Å²) in [5.41, 5.74) is 10.6. The molecule has 0 radical (unpaired) electrons. The molecule has 3 nitrogen and oxygen atoms in total. The van der Waals surface area contributed by atoms with E-state index in [-0.39, 0.29) is 0 Å². The largest absolute Gasteiger partial charge is 0.0936 e. The molecule has 0 spiro atoms. The van der Waals surface area contributed by atoms with Crippen molar-refractivity contribution in [2.75, 3.05) is 6.54 Å². The molecule has 1 aromatic rings. The van der Waals surface area contributed by atoms with Crippen LogP contribution in [0.3, 0.4) is 0 Å². The lowest BCUT2D eigenvalue weighted by atomic mass is 10.1. The fraction of sp³-hybridized carbons (Fsp3) is 0.333. The van der Waals surface area contributed by atoms with Gasteiger partial charge in [-0.2, -0.15) is 0 Å². The van der Waals surface area contributed by atoms with E-state index in [9.17, 15) is 0 Å². The van der Waals surface area contributed by atoms with Crippen molar-refractivity contribution in [2.24, 2.45) is 5.11 Å². The number of benzene rings is 1. The van der Waals surface area contributed by atoms with Gasteiger partial charge in [0.1, 0.15) is 0 Å². The van der Waals surface area contributed by atoms with E-state index < -0.39 is 0 Å². The molecule has 0 fully saturated rings. The highest BCUT2D eigenvalue weighted by molar-refractivity contribution is 9.10. The van der Waals surface area contributed by atoms with Gasteiger partial charge in [-0.1, -0.05) is 33.2 Å². The van der Waals surface area contributed by atoms with Crippen molar-refractivity contribution in [1.29, 1.82) is 0 Å². The normalized spacial score (nSPS) is 9.38. The number of hydrogen-bond donors (Lipinski definition) is 0. The van der Waals surface area contributed by atoms with Gasteiger partial charge in [-0.15, -0.1) is 0 Å². The average Bonchev–Trinajstić information content (AvgIpc) is 2.13. The second-order valence-corrected chi connectivity index (χ2v) is 3.58. The van der Waals surface area contributed by atoms with Gasteiger partial charge in [0.25, 0.3) is 0 Å². The molecule has 0 saturated heterocycles. The molecule has 0 aromatic heterocycles. The first kappa shape index (κ1) is 10.1. The topological polar surface area (TPSA) is 48.8 Å². The maximum atomic E-state index is 8.12. The summed E-state index contributed by atoms with van der Waals surface area (Å²) in [6.45, 7) is 2.57. The SMILES string of the molecule is Cc1c(Br)cccc1CCN=[N+]=[N-]. The van der Waals surface area contributed by atoms with Crippen LogP contribution in [0.2, 0.25) is 0 Å². The van der Waals surface area contributed by atoms with E-state index in [1.807, 2.05) is 18.2 Å². The molecule has 1 rings (SSSR count). The summed E-state index contributed by atoms with van der Waals surface area (Å²) in [5.74, 6) is 0. The lowest BCUT2D eigenvalue weighted by Gasteiger charge is -2.04. The van der Waals surface area contributed by atoms with Crippen LogP contribution in [-0.2, 0) is 6.42 Å². The highest BCUT2D eigenvalue weighted by Crippen LogP contribution is 2.19. The molecule has 0 aliphatic carbocycles. The van der Waals surface area contributed by atoms with Crippen LogP contribution >= 0.6 is 15.9 Å². The van der Waals surface area contributed by atoms with E-state index in [2.05, 4.69) is 32.9 Å². The first-order chi connectivity index (χ1) is 6.25. The Balaban J connectivity index is 2.76. The second-order valence-electron chi connectivity index (χ2n) is 2.73. The van der Waals surface area contributed by atoms with Crippen molar-refractivity contribution < 1.29 is 0 Å². The minimum Gasteiger partial charge on any atom is -0.0936 e. The van der Waals surface area contributed by atoms with Crippen molar-refractivity contribution in [2.45, 2.75) is 13.3 Å². The molecule has 1 aromatic carbocycles.